The second-order valence-electron chi connectivity index (χ2n) is 8.86. The molecule has 1 aromatic heterocycles. The van der Waals surface area contributed by atoms with Crippen LogP contribution in [0.3, 0.4) is 0 Å². The van der Waals surface area contributed by atoms with Crippen LogP contribution in [0.5, 0.6) is 0 Å². The normalized spacial score (nSPS) is 33.9. The lowest BCUT2D eigenvalue weighted by Crippen LogP contribution is -2.48. The topological polar surface area (TPSA) is 86.9 Å². The van der Waals surface area contributed by atoms with Crippen LogP contribution in [0.4, 0.5) is 0 Å². The van der Waals surface area contributed by atoms with E-state index >= 15 is 0 Å². The third kappa shape index (κ3) is 2.41. The largest absolute Gasteiger partial charge is 0.348 e. The van der Waals surface area contributed by atoms with Crippen LogP contribution < -0.4 is 10.6 Å². The number of fused-ring (bicyclic) bond motifs is 2. The fraction of sp³-hybridized carbons (Fsp3) is 0.737. The number of H-pyrrole nitrogens is 1. The minimum absolute atomic E-state index is 0.0168. The number of amides is 2. The second kappa shape index (κ2) is 5.32. The lowest BCUT2D eigenvalue weighted by molar-refractivity contribution is -0.140. The van der Waals surface area contributed by atoms with E-state index in [4.69, 9.17) is 0 Å². The van der Waals surface area contributed by atoms with E-state index in [1.165, 1.54) is 44.1 Å². The zero-order valence-corrected chi connectivity index (χ0v) is 14.6. The molecule has 4 aliphatic rings. The molecule has 3 fully saturated rings. The Balaban J connectivity index is 1.05. The standard InChI is InChI=1S/C19H26N4O2/c24-16(17(25)22-14-3-2-13-10-21-23-15(13)6-14)20-9-12-7-19(8-12)11-18(19)4-1-5-18/h10,12,14H,1-9,11H2,(H,20,24)(H,21,23)(H,22,25). The molecule has 6 nitrogen and oxygen atoms in total. The maximum atomic E-state index is 12.1. The summed E-state index contributed by atoms with van der Waals surface area (Å²) < 4.78 is 0. The van der Waals surface area contributed by atoms with Crippen LogP contribution in [0.25, 0.3) is 0 Å². The number of carbonyl (C=O) groups excluding carboxylic acids is 2. The Morgan fingerprint density at radius 2 is 2.08 bits per heavy atom. The van der Waals surface area contributed by atoms with Crippen molar-refractivity contribution in [1.82, 2.24) is 20.8 Å². The Morgan fingerprint density at radius 1 is 1.24 bits per heavy atom. The summed E-state index contributed by atoms with van der Waals surface area (Å²) in [5.74, 6) is -0.409. The summed E-state index contributed by atoms with van der Waals surface area (Å²) in [6, 6.07) is 0.0168. The molecule has 1 aromatic rings. The quantitative estimate of drug-likeness (QED) is 0.727. The van der Waals surface area contributed by atoms with Gasteiger partial charge in [-0.05, 0) is 67.3 Å². The van der Waals surface area contributed by atoms with Crippen molar-refractivity contribution >= 4 is 11.8 Å². The molecule has 0 aliphatic heterocycles. The van der Waals surface area contributed by atoms with Crippen molar-refractivity contribution in [2.24, 2.45) is 16.7 Å². The van der Waals surface area contributed by atoms with Gasteiger partial charge in [-0.2, -0.15) is 5.10 Å². The number of hydrogen-bond acceptors (Lipinski definition) is 3. The minimum Gasteiger partial charge on any atom is -0.348 e. The molecule has 6 heteroatoms. The lowest BCUT2D eigenvalue weighted by Gasteiger charge is -2.43. The number of nitrogens with zero attached hydrogens (tertiary/aromatic N) is 1. The van der Waals surface area contributed by atoms with Gasteiger partial charge in [0, 0.05) is 24.7 Å². The number of hydrogen-bond donors (Lipinski definition) is 3. The van der Waals surface area contributed by atoms with Crippen molar-refractivity contribution in [2.75, 3.05) is 6.54 Å². The van der Waals surface area contributed by atoms with Gasteiger partial charge < -0.3 is 10.6 Å². The number of aryl methyl sites for hydroxylation is 1. The summed E-state index contributed by atoms with van der Waals surface area (Å²) in [4.78, 5) is 24.2. The maximum Gasteiger partial charge on any atom is 0.309 e. The van der Waals surface area contributed by atoms with Gasteiger partial charge >= 0.3 is 11.8 Å². The molecular weight excluding hydrogens is 316 g/mol. The monoisotopic (exact) mass is 342 g/mol. The first-order valence-corrected chi connectivity index (χ1v) is 9.69. The van der Waals surface area contributed by atoms with Gasteiger partial charge in [-0.3, -0.25) is 14.7 Å². The molecule has 1 atom stereocenters. The highest BCUT2D eigenvalue weighted by Gasteiger charge is 2.72. The zero-order chi connectivity index (χ0) is 17.1. The zero-order valence-electron chi connectivity index (χ0n) is 14.6. The van der Waals surface area contributed by atoms with Crippen LogP contribution in [0.1, 0.15) is 56.2 Å². The molecule has 134 valence electrons. The highest BCUT2D eigenvalue weighted by atomic mass is 16.2. The molecule has 3 N–H and O–H groups in total. The molecule has 0 saturated heterocycles. The molecule has 0 bridgehead atoms. The van der Waals surface area contributed by atoms with Gasteiger partial charge in [0.25, 0.3) is 0 Å². The van der Waals surface area contributed by atoms with Crippen LogP contribution in [-0.4, -0.2) is 34.6 Å². The van der Waals surface area contributed by atoms with Crippen LogP contribution in [0.2, 0.25) is 0 Å². The number of aromatic amines is 1. The smallest absolute Gasteiger partial charge is 0.309 e. The van der Waals surface area contributed by atoms with E-state index in [0.717, 1.165) is 25.0 Å². The Kier molecular flexibility index (Phi) is 3.28. The van der Waals surface area contributed by atoms with Gasteiger partial charge in [-0.25, -0.2) is 0 Å². The van der Waals surface area contributed by atoms with Crippen LogP contribution in [0, 0.1) is 16.7 Å². The molecule has 25 heavy (non-hydrogen) atoms. The summed E-state index contributed by atoms with van der Waals surface area (Å²) in [5.41, 5.74) is 3.63. The summed E-state index contributed by atoms with van der Waals surface area (Å²) in [6.45, 7) is 0.652. The summed E-state index contributed by atoms with van der Waals surface area (Å²) in [6.07, 6.45) is 12.5. The van der Waals surface area contributed by atoms with E-state index in [-0.39, 0.29) is 6.04 Å². The summed E-state index contributed by atoms with van der Waals surface area (Å²) in [5, 5.41) is 12.7. The van der Waals surface area contributed by atoms with Crippen LogP contribution in [0.15, 0.2) is 6.20 Å². The van der Waals surface area contributed by atoms with Crippen molar-refractivity contribution < 1.29 is 9.59 Å². The first-order valence-electron chi connectivity index (χ1n) is 9.69. The number of aromatic nitrogens is 2. The van der Waals surface area contributed by atoms with E-state index in [0.29, 0.717) is 23.3 Å². The SMILES string of the molecule is O=C(NCC1CC2(C1)CC21CCC1)C(=O)NC1CCc2cn[nH]c2C1. The number of nitrogens with one attached hydrogen (secondary N) is 3. The summed E-state index contributed by atoms with van der Waals surface area (Å²) in [7, 11) is 0. The van der Waals surface area contributed by atoms with Crippen LogP contribution >= 0.6 is 0 Å². The predicted octanol–water partition coefficient (Wildman–Crippen LogP) is 1.47. The molecule has 0 radical (unpaired) electrons. The fourth-order valence-electron chi connectivity index (χ4n) is 5.78. The Hall–Kier alpha value is -1.85. The molecule has 1 unspecified atom stereocenters. The molecule has 2 spiro atoms. The van der Waals surface area contributed by atoms with Gasteiger partial charge in [-0.15, -0.1) is 0 Å². The summed E-state index contributed by atoms with van der Waals surface area (Å²) >= 11 is 0. The average molecular weight is 342 g/mol. The van der Waals surface area contributed by atoms with E-state index < -0.39 is 11.8 Å². The third-order valence-corrected chi connectivity index (χ3v) is 7.46. The van der Waals surface area contributed by atoms with Crippen molar-refractivity contribution in [3.05, 3.63) is 17.5 Å². The number of rotatable bonds is 3. The van der Waals surface area contributed by atoms with Gasteiger partial charge in [0.1, 0.15) is 0 Å². The fourth-order valence-corrected chi connectivity index (χ4v) is 5.78. The highest BCUT2D eigenvalue weighted by molar-refractivity contribution is 6.35. The van der Waals surface area contributed by atoms with Gasteiger partial charge in [-0.1, -0.05) is 6.42 Å². The van der Waals surface area contributed by atoms with E-state index in [9.17, 15) is 9.59 Å². The molecule has 2 amide bonds. The van der Waals surface area contributed by atoms with Gasteiger partial charge in [0.05, 0.1) is 6.20 Å². The Bertz CT molecular complexity index is 715. The van der Waals surface area contributed by atoms with Crippen molar-refractivity contribution in [2.45, 2.75) is 63.8 Å². The maximum absolute atomic E-state index is 12.1. The Labute approximate surface area is 147 Å². The predicted molar refractivity (Wildman–Crippen MR) is 91.6 cm³/mol. The van der Waals surface area contributed by atoms with Crippen molar-refractivity contribution in [3.63, 3.8) is 0 Å². The lowest BCUT2D eigenvalue weighted by atomic mass is 9.62. The second-order valence-corrected chi connectivity index (χ2v) is 8.86. The van der Waals surface area contributed by atoms with E-state index in [1.807, 2.05) is 6.20 Å². The molecule has 0 aromatic carbocycles. The first-order chi connectivity index (χ1) is 12.1. The van der Waals surface area contributed by atoms with E-state index in [1.54, 1.807) is 0 Å². The highest BCUT2D eigenvalue weighted by Crippen LogP contribution is 2.82. The Morgan fingerprint density at radius 3 is 2.80 bits per heavy atom. The molecule has 3 saturated carbocycles. The average Bonchev–Trinajstić information content (AvgIpc) is 3.05. The van der Waals surface area contributed by atoms with Gasteiger partial charge in [0.2, 0.25) is 0 Å². The minimum atomic E-state index is -0.496. The van der Waals surface area contributed by atoms with Gasteiger partial charge in [0.15, 0.2) is 0 Å². The molecule has 4 aliphatic carbocycles. The van der Waals surface area contributed by atoms with Crippen LogP contribution in [-0.2, 0) is 22.4 Å². The van der Waals surface area contributed by atoms with E-state index in [2.05, 4.69) is 20.8 Å². The third-order valence-electron chi connectivity index (χ3n) is 7.46. The van der Waals surface area contributed by atoms with Crippen molar-refractivity contribution in [3.8, 4) is 0 Å². The first kappa shape index (κ1) is 15.4. The molecule has 5 rings (SSSR count). The molecule has 1 heterocycles. The molecular formula is C19H26N4O2. The van der Waals surface area contributed by atoms with Crippen molar-refractivity contribution in [1.29, 1.82) is 0 Å². The number of carbonyl (C=O) groups is 2.